The summed E-state index contributed by atoms with van der Waals surface area (Å²) < 4.78 is 39.2. The number of sulfone groups is 1. The molecule has 0 bridgehead atoms. The van der Waals surface area contributed by atoms with Crippen molar-refractivity contribution in [1.82, 2.24) is 9.80 Å². The van der Waals surface area contributed by atoms with E-state index in [0.717, 1.165) is 12.3 Å². The number of carbonyl (C=O) groups excluding carboxylic acids is 2. The van der Waals surface area contributed by atoms with Crippen molar-refractivity contribution in [2.75, 3.05) is 50.6 Å². The van der Waals surface area contributed by atoms with E-state index in [2.05, 4.69) is 10.6 Å². The second-order valence-corrected chi connectivity index (χ2v) is 11.1. The number of anilines is 2. The highest BCUT2D eigenvalue weighted by Crippen LogP contribution is 2.30. The van der Waals surface area contributed by atoms with Crippen molar-refractivity contribution in [2.45, 2.75) is 4.90 Å². The number of rotatable bonds is 9. The van der Waals surface area contributed by atoms with Crippen LogP contribution in [0, 0.1) is 5.82 Å². The molecular formula is C26H28ClFN4O4S. The van der Waals surface area contributed by atoms with E-state index in [1.165, 1.54) is 29.2 Å². The fourth-order valence-corrected chi connectivity index (χ4v) is 4.54. The number of likely N-dealkylation sites (N-methyl/N-ethyl adjacent to an activating group) is 1. The van der Waals surface area contributed by atoms with Crippen LogP contribution in [0.2, 0.25) is 5.02 Å². The molecule has 3 aromatic carbocycles. The van der Waals surface area contributed by atoms with Gasteiger partial charge in [-0.05, 0) is 62.6 Å². The molecule has 0 aliphatic rings. The standard InChI is InChI=1S/C26H28ClFN4O4S/c1-31(2)14-15-32(26(34)30-19-10-8-18(27)9-11-19)17-25(33)29-20-12-13-21(23(28)16-20)22-6-4-5-7-24(22)37(3,35)36/h4-13,16H,14-15,17H2,1-3H3,(H,29,33)(H,30,34). The summed E-state index contributed by atoms with van der Waals surface area (Å²) in [5.41, 5.74) is 1.02. The van der Waals surface area contributed by atoms with Crippen LogP contribution in [0.25, 0.3) is 11.1 Å². The summed E-state index contributed by atoms with van der Waals surface area (Å²) in [7, 11) is 0.122. The first kappa shape index (κ1) is 28.1. The lowest BCUT2D eigenvalue weighted by Crippen LogP contribution is -2.43. The predicted molar refractivity (Wildman–Crippen MR) is 144 cm³/mol. The first-order valence-corrected chi connectivity index (χ1v) is 13.6. The molecule has 2 N–H and O–H groups in total. The topological polar surface area (TPSA) is 98.8 Å². The number of hydrogen-bond donors (Lipinski definition) is 2. The first-order valence-electron chi connectivity index (χ1n) is 11.3. The van der Waals surface area contributed by atoms with Gasteiger partial charge in [0.25, 0.3) is 0 Å². The third kappa shape index (κ3) is 8.01. The number of amides is 3. The summed E-state index contributed by atoms with van der Waals surface area (Å²) in [6, 6.07) is 16.2. The van der Waals surface area contributed by atoms with Gasteiger partial charge in [0, 0.05) is 46.9 Å². The van der Waals surface area contributed by atoms with Crippen molar-refractivity contribution < 1.29 is 22.4 Å². The van der Waals surface area contributed by atoms with Gasteiger partial charge < -0.3 is 20.4 Å². The van der Waals surface area contributed by atoms with E-state index >= 15 is 0 Å². The van der Waals surface area contributed by atoms with Crippen LogP contribution in [0.15, 0.2) is 71.6 Å². The molecule has 0 saturated heterocycles. The van der Waals surface area contributed by atoms with Crippen LogP contribution < -0.4 is 10.6 Å². The van der Waals surface area contributed by atoms with E-state index < -0.39 is 27.6 Å². The maximum absolute atomic E-state index is 15.0. The predicted octanol–water partition coefficient (Wildman–Crippen LogP) is 4.58. The van der Waals surface area contributed by atoms with Crippen LogP contribution in [0.1, 0.15) is 0 Å². The van der Waals surface area contributed by atoms with Gasteiger partial charge in [-0.1, -0.05) is 29.8 Å². The van der Waals surface area contributed by atoms with Crippen LogP contribution in [-0.4, -0.2) is 70.1 Å². The maximum atomic E-state index is 15.0. The molecule has 0 aromatic heterocycles. The van der Waals surface area contributed by atoms with Crippen LogP contribution in [0.5, 0.6) is 0 Å². The van der Waals surface area contributed by atoms with E-state index in [1.54, 1.807) is 36.4 Å². The van der Waals surface area contributed by atoms with Gasteiger partial charge in [0.15, 0.2) is 9.84 Å². The van der Waals surface area contributed by atoms with Crippen molar-refractivity contribution in [3.05, 3.63) is 77.6 Å². The lowest BCUT2D eigenvalue weighted by Gasteiger charge is -2.24. The first-order chi connectivity index (χ1) is 17.4. The van der Waals surface area contributed by atoms with E-state index in [4.69, 9.17) is 11.6 Å². The highest BCUT2D eigenvalue weighted by Gasteiger charge is 2.20. The molecule has 3 rings (SSSR count). The van der Waals surface area contributed by atoms with E-state index in [1.807, 2.05) is 19.0 Å². The average Bonchev–Trinajstić information content (AvgIpc) is 2.82. The molecule has 0 aliphatic heterocycles. The molecule has 0 fully saturated rings. The molecule has 11 heteroatoms. The third-order valence-electron chi connectivity index (χ3n) is 5.36. The van der Waals surface area contributed by atoms with E-state index in [9.17, 15) is 22.4 Å². The van der Waals surface area contributed by atoms with Crippen LogP contribution in [0.3, 0.4) is 0 Å². The lowest BCUT2D eigenvalue weighted by molar-refractivity contribution is -0.116. The number of urea groups is 1. The fraction of sp³-hybridized carbons (Fsp3) is 0.231. The minimum atomic E-state index is -3.58. The second kappa shape index (κ2) is 12.2. The SMILES string of the molecule is CN(C)CCN(CC(=O)Nc1ccc(-c2ccccc2S(C)(=O)=O)c(F)c1)C(=O)Nc1ccc(Cl)cc1. The molecule has 0 atom stereocenters. The van der Waals surface area contributed by atoms with E-state index in [-0.39, 0.29) is 34.8 Å². The van der Waals surface area contributed by atoms with Crippen molar-refractivity contribution in [1.29, 1.82) is 0 Å². The number of benzene rings is 3. The van der Waals surface area contributed by atoms with Gasteiger partial charge in [-0.2, -0.15) is 0 Å². The van der Waals surface area contributed by atoms with Crippen LogP contribution >= 0.6 is 11.6 Å². The van der Waals surface area contributed by atoms with Gasteiger partial charge in [0.2, 0.25) is 5.91 Å². The maximum Gasteiger partial charge on any atom is 0.322 e. The minimum Gasteiger partial charge on any atom is -0.324 e. The smallest absolute Gasteiger partial charge is 0.322 e. The molecule has 8 nitrogen and oxygen atoms in total. The van der Waals surface area contributed by atoms with Crippen molar-refractivity contribution in [3.63, 3.8) is 0 Å². The molecule has 0 unspecified atom stereocenters. The summed E-state index contributed by atoms with van der Waals surface area (Å²) >= 11 is 5.89. The molecule has 3 aromatic rings. The van der Waals surface area contributed by atoms with Gasteiger partial charge in [0.05, 0.1) is 4.90 Å². The van der Waals surface area contributed by atoms with Gasteiger partial charge in [-0.3, -0.25) is 4.79 Å². The minimum absolute atomic E-state index is 0.00826. The van der Waals surface area contributed by atoms with Gasteiger partial charge in [-0.25, -0.2) is 17.6 Å². The summed E-state index contributed by atoms with van der Waals surface area (Å²) in [6.45, 7) is 0.521. The van der Waals surface area contributed by atoms with Crippen molar-refractivity contribution >= 4 is 44.8 Å². The molecule has 37 heavy (non-hydrogen) atoms. The number of hydrogen-bond acceptors (Lipinski definition) is 5. The van der Waals surface area contributed by atoms with Gasteiger partial charge >= 0.3 is 6.03 Å². The number of carbonyl (C=O) groups is 2. The van der Waals surface area contributed by atoms with Crippen molar-refractivity contribution in [2.24, 2.45) is 0 Å². The number of nitrogens with zero attached hydrogens (tertiary/aromatic N) is 2. The van der Waals surface area contributed by atoms with Gasteiger partial charge in [-0.15, -0.1) is 0 Å². The number of halogens is 2. The monoisotopic (exact) mass is 546 g/mol. The summed E-state index contributed by atoms with van der Waals surface area (Å²) in [5.74, 6) is -1.22. The Labute approximate surface area is 221 Å². The Bertz CT molecular complexity index is 1380. The highest BCUT2D eigenvalue weighted by molar-refractivity contribution is 7.90. The largest absolute Gasteiger partial charge is 0.324 e. The summed E-state index contributed by atoms with van der Waals surface area (Å²) in [6.07, 6.45) is 1.06. The Morgan fingerprint density at radius 1 is 0.892 bits per heavy atom. The zero-order chi connectivity index (χ0) is 27.2. The normalized spacial score (nSPS) is 11.3. The Morgan fingerprint density at radius 3 is 2.16 bits per heavy atom. The Balaban J connectivity index is 1.74. The lowest BCUT2D eigenvalue weighted by atomic mass is 10.0. The Hall–Kier alpha value is -3.47. The molecule has 0 aliphatic carbocycles. The van der Waals surface area contributed by atoms with Crippen LogP contribution in [0.4, 0.5) is 20.6 Å². The third-order valence-corrected chi connectivity index (χ3v) is 6.77. The average molecular weight is 547 g/mol. The van der Waals surface area contributed by atoms with E-state index in [0.29, 0.717) is 17.3 Å². The van der Waals surface area contributed by atoms with Crippen molar-refractivity contribution in [3.8, 4) is 11.1 Å². The summed E-state index contributed by atoms with van der Waals surface area (Å²) in [5, 5.41) is 5.86. The molecule has 0 radical (unpaired) electrons. The number of nitrogens with one attached hydrogen (secondary N) is 2. The second-order valence-electron chi connectivity index (χ2n) is 8.67. The molecule has 3 amide bonds. The molecular weight excluding hydrogens is 519 g/mol. The molecule has 0 saturated carbocycles. The quantitative estimate of drug-likeness (QED) is 0.409. The molecule has 196 valence electrons. The highest BCUT2D eigenvalue weighted by atomic mass is 35.5. The van der Waals surface area contributed by atoms with Gasteiger partial charge in [0.1, 0.15) is 12.4 Å². The zero-order valence-electron chi connectivity index (χ0n) is 20.7. The fourth-order valence-electron chi connectivity index (χ4n) is 3.51. The Kier molecular flexibility index (Phi) is 9.25. The Morgan fingerprint density at radius 2 is 1.54 bits per heavy atom. The zero-order valence-corrected chi connectivity index (χ0v) is 22.2. The molecule has 0 heterocycles. The summed E-state index contributed by atoms with van der Waals surface area (Å²) in [4.78, 5) is 28.8. The van der Waals surface area contributed by atoms with Crippen LogP contribution in [-0.2, 0) is 14.6 Å². The molecule has 0 spiro atoms.